The highest BCUT2D eigenvalue weighted by molar-refractivity contribution is 5.81. The molecule has 2 rings (SSSR count). The number of carbonyl (C=O) groups is 1. The topological polar surface area (TPSA) is 41.1 Å². The van der Waals surface area contributed by atoms with Gasteiger partial charge in [0.15, 0.2) is 0 Å². The van der Waals surface area contributed by atoms with Crippen LogP contribution in [0.3, 0.4) is 0 Å². The van der Waals surface area contributed by atoms with Crippen LogP contribution in [0.25, 0.3) is 0 Å². The number of carbonyl (C=O) groups excluding carboxylic acids is 1. The fourth-order valence-electron chi connectivity index (χ4n) is 2.70. The molecule has 0 bridgehead atoms. The third-order valence-electron chi connectivity index (χ3n) is 4.85. The molecule has 0 aromatic rings. The molecule has 2 aliphatic carbocycles. The Morgan fingerprint density at radius 1 is 1.21 bits per heavy atom. The number of amides is 1. The summed E-state index contributed by atoms with van der Waals surface area (Å²) < 4.78 is 0. The van der Waals surface area contributed by atoms with Crippen LogP contribution in [0.2, 0.25) is 0 Å². The molecule has 1 amide bonds. The summed E-state index contributed by atoms with van der Waals surface area (Å²) in [4.78, 5) is 12.1. The van der Waals surface area contributed by atoms with Gasteiger partial charge < -0.3 is 10.6 Å². The number of hydrogen-bond acceptors (Lipinski definition) is 2. The van der Waals surface area contributed by atoms with E-state index in [-0.39, 0.29) is 17.5 Å². The molecular weight excluding hydrogens is 236 g/mol. The Kier molecular flexibility index (Phi) is 4.54. The van der Waals surface area contributed by atoms with Crippen molar-refractivity contribution in [2.45, 2.75) is 71.4 Å². The summed E-state index contributed by atoms with van der Waals surface area (Å²) in [7, 11) is 0. The third kappa shape index (κ3) is 4.48. The summed E-state index contributed by atoms with van der Waals surface area (Å²) in [6.45, 7) is 9.27. The highest BCUT2D eigenvalue weighted by Gasteiger charge is 2.41. The van der Waals surface area contributed by atoms with Gasteiger partial charge in [-0.25, -0.2) is 0 Å². The van der Waals surface area contributed by atoms with Gasteiger partial charge in [-0.3, -0.25) is 4.79 Å². The molecule has 19 heavy (non-hydrogen) atoms. The zero-order valence-electron chi connectivity index (χ0n) is 13.0. The molecule has 0 radical (unpaired) electrons. The first-order valence-electron chi connectivity index (χ1n) is 7.98. The molecule has 0 aromatic carbocycles. The van der Waals surface area contributed by atoms with Crippen LogP contribution in [-0.2, 0) is 4.79 Å². The Bertz CT molecular complexity index is 307. The Morgan fingerprint density at radius 2 is 1.74 bits per heavy atom. The molecule has 2 saturated carbocycles. The summed E-state index contributed by atoms with van der Waals surface area (Å²) >= 11 is 0. The lowest BCUT2D eigenvalue weighted by Crippen LogP contribution is -2.51. The third-order valence-corrected chi connectivity index (χ3v) is 4.85. The SMILES string of the molecule is CCC(C)(C)NC(=O)C(C)NCC(C1CC1)C1CC1. The minimum atomic E-state index is -0.0978. The molecule has 0 heterocycles. The van der Waals surface area contributed by atoms with E-state index >= 15 is 0 Å². The van der Waals surface area contributed by atoms with E-state index in [1.54, 1.807) is 0 Å². The van der Waals surface area contributed by atoms with Gasteiger partial charge in [0.1, 0.15) is 0 Å². The Labute approximate surface area is 117 Å². The lowest BCUT2D eigenvalue weighted by Gasteiger charge is -2.27. The van der Waals surface area contributed by atoms with Gasteiger partial charge in [0.2, 0.25) is 5.91 Å². The van der Waals surface area contributed by atoms with Crippen molar-refractivity contribution in [3.63, 3.8) is 0 Å². The summed E-state index contributed by atoms with van der Waals surface area (Å²) in [5.74, 6) is 2.86. The number of rotatable bonds is 8. The standard InChI is InChI=1S/C16H30N2O/c1-5-16(3,4)18-15(19)11(2)17-10-14(12-6-7-12)13-8-9-13/h11-14,17H,5-10H2,1-4H3,(H,18,19). The molecule has 3 heteroatoms. The molecule has 2 fully saturated rings. The van der Waals surface area contributed by atoms with Crippen molar-refractivity contribution in [2.75, 3.05) is 6.54 Å². The highest BCUT2D eigenvalue weighted by atomic mass is 16.2. The van der Waals surface area contributed by atoms with Crippen molar-refractivity contribution >= 4 is 5.91 Å². The van der Waals surface area contributed by atoms with Crippen LogP contribution in [0.1, 0.15) is 59.8 Å². The van der Waals surface area contributed by atoms with Crippen LogP contribution in [0.5, 0.6) is 0 Å². The average Bonchev–Trinajstić information content (AvgIpc) is 3.21. The van der Waals surface area contributed by atoms with Gasteiger partial charge in [0.05, 0.1) is 6.04 Å². The molecule has 0 saturated heterocycles. The van der Waals surface area contributed by atoms with Crippen LogP contribution in [0, 0.1) is 17.8 Å². The Morgan fingerprint density at radius 3 is 2.16 bits per heavy atom. The van der Waals surface area contributed by atoms with Crippen molar-refractivity contribution in [1.29, 1.82) is 0 Å². The second kappa shape index (κ2) is 5.82. The smallest absolute Gasteiger partial charge is 0.237 e. The molecule has 2 N–H and O–H groups in total. The van der Waals surface area contributed by atoms with E-state index in [1.165, 1.54) is 25.7 Å². The predicted octanol–water partition coefficient (Wildman–Crippen LogP) is 2.71. The van der Waals surface area contributed by atoms with Crippen molar-refractivity contribution < 1.29 is 4.79 Å². The van der Waals surface area contributed by atoms with Crippen LogP contribution >= 0.6 is 0 Å². The lowest BCUT2D eigenvalue weighted by molar-refractivity contribution is -0.124. The van der Waals surface area contributed by atoms with Gasteiger partial charge in [-0.15, -0.1) is 0 Å². The molecule has 0 spiro atoms. The highest BCUT2D eigenvalue weighted by Crippen LogP contribution is 2.48. The van der Waals surface area contributed by atoms with Gasteiger partial charge >= 0.3 is 0 Å². The van der Waals surface area contributed by atoms with E-state index < -0.39 is 0 Å². The predicted molar refractivity (Wildman–Crippen MR) is 78.9 cm³/mol. The van der Waals surface area contributed by atoms with E-state index in [9.17, 15) is 4.79 Å². The van der Waals surface area contributed by atoms with Crippen LogP contribution in [0.4, 0.5) is 0 Å². The van der Waals surface area contributed by atoms with Crippen molar-refractivity contribution in [1.82, 2.24) is 10.6 Å². The summed E-state index contributed by atoms with van der Waals surface area (Å²) in [6.07, 6.45) is 6.59. The minimum Gasteiger partial charge on any atom is -0.350 e. The molecular formula is C16H30N2O. The van der Waals surface area contributed by atoms with Gasteiger partial charge in [-0.1, -0.05) is 6.92 Å². The van der Waals surface area contributed by atoms with Gasteiger partial charge in [0.25, 0.3) is 0 Å². The fraction of sp³-hybridized carbons (Fsp3) is 0.938. The minimum absolute atomic E-state index is 0.0779. The van der Waals surface area contributed by atoms with Crippen LogP contribution in [-0.4, -0.2) is 24.0 Å². The number of nitrogens with one attached hydrogen (secondary N) is 2. The first-order valence-corrected chi connectivity index (χ1v) is 7.98. The maximum absolute atomic E-state index is 12.1. The number of hydrogen-bond donors (Lipinski definition) is 2. The van der Waals surface area contributed by atoms with Crippen molar-refractivity contribution in [3.8, 4) is 0 Å². The second-order valence-corrected chi connectivity index (χ2v) is 7.20. The average molecular weight is 266 g/mol. The maximum Gasteiger partial charge on any atom is 0.237 e. The molecule has 0 aliphatic heterocycles. The molecule has 110 valence electrons. The summed E-state index contributed by atoms with van der Waals surface area (Å²) in [5.41, 5.74) is -0.0978. The lowest BCUT2D eigenvalue weighted by atomic mass is 9.97. The molecule has 2 aliphatic rings. The van der Waals surface area contributed by atoms with Gasteiger partial charge in [-0.05, 0) is 77.2 Å². The second-order valence-electron chi connectivity index (χ2n) is 7.20. The normalized spacial score (nSPS) is 21.5. The summed E-state index contributed by atoms with van der Waals surface area (Å²) in [5, 5.41) is 6.58. The van der Waals surface area contributed by atoms with Crippen LogP contribution < -0.4 is 10.6 Å². The van der Waals surface area contributed by atoms with E-state index in [0.29, 0.717) is 0 Å². The zero-order chi connectivity index (χ0) is 14.0. The summed E-state index contributed by atoms with van der Waals surface area (Å²) in [6, 6.07) is -0.0779. The maximum atomic E-state index is 12.1. The molecule has 0 aromatic heterocycles. The fourth-order valence-corrected chi connectivity index (χ4v) is 2.70. The monoisotopic (exact) mass is 266 g/mol. The quantitative estimate of drug-likeness (QED) is 0.709. The first kappa shape index (κ1) is 14.8. The van der Waals surface area contributed by atoms with E-state index in [2.05, 4.69) is 31.4 Å². The van der Waals surface area contributed by atoms with Gasteiger partial charge in [0, 0.05) is 5.54 Å². The molecule has 1 unspecified atom stereocenters. The van der Waals surface area contributed by atoms with Crippen molar-refractivity contribution in [2.24, 2.45) is 17.8 Å². The molecule has 1 atom stereocenters. The Hall–Kier alpha value is -0.570. The molecule has 3 nitrogen and oxygen atoms in total. The largest absolute Gasteiger partial charge is 0.350 e. The van der Waals surface area contributed by atoms with Crippen molar-refractivity contribution in [3.05, 3.63) is 0 Å². The first-order chi connectivity index (χ1) is 8.93. The Balaban J connectivity index is 1.73. The van der Waals surface area contributed by atoms with Gasteiger partial charge in [-0.2, -0.15) is 0 Å². The zero-order valence-corrected chi connectivity index (χ0v) is 13.0. The van der Waals surface area contributed by atoms with E-state index in [1.807, 2.05) is 6.92 Å². The van der Waals surface area contributed by atoms with E-state index in [4.69, 9.17) is 0 Å². The van der Waals surface area contributed by atoms with Crippen LogP contribution in [0.15, 0.2) is 0 Å². The van der Waals surface area contributed by atoms with E-state index in [0.717, 1.165) is 30.7 Å².